The molecule has 0 aliphatic heterocycles. The Hall–Kier alpha value is -4.58. The first-order valence-corrected chi connectivity index (χ1v) is 14.0. The van der Waals surface area contributed by atoms with Gasteiger partial charge in [0.15, 0.2) is 6.73 Å². The van der Waals surface area contributed by atoms with Crippen LogP contribution < -0.4 is 5.32 Å². The first-order chi connectivity index (χ1) is 19.8. The zero-order chi connectivity index (χ0) is 28.8. The van der Waals surface area contributed by atoms with E-state index in [1.165, 1.54) is 5.56 Å². The SMILES string of the molecule is CC(C)(C)OC(=O)NCOC(=O)CCCCc1ccc(-c2ccccc2)c(-c2cccc3c2oc2ccccc23)c1. The van der Waals surface area contributed by atoms with Crippen LogP contribution in [0.15, 0.2) is 95.4 Å². The van der Waals surface area contributed by atoms with Crippen molar-refractivity contribution in [1.82, 2.24) is 5.32 Å². The highest BCUT2D eigenvalue weighted by Crippen LogP contribution is 2.40. The molecule has 1 aromatic heterocycles. The summed E-state index contributed by atoms with van der Waals surface area (Å²) >= 11 is 0. The number of nitrogens with one attached hydrogen (secondary N) is 1. The number of alkyl carbamates (subject to hydrolysis) is 1. The molecule has 0 bridgehead atoms. The standard InChI is InChI=1S/C35H35NO5/c1-35(2,3)41-34(38)36-23-39-32(37)19-10-7-12-24-20-21-26(25-13-5-4-6-14-25)30(22-24)29-17-11-16-28-27-15-8-9-18-31(27)40-33(28)29/h4-6,8-9,11,13-18,20-22H,7,10,12,19,23H2,1-3H3,(H,36,38). The van der Waals surface area contributed by atoms with E-state index in [1.54, 1.807) is 20.8 Å². The van der Waals surface area contributed by atoms with E-state index >= 15 is 0 Å². The number of aryl methyl sites for hydroxylation is 1. The van der Waals surface area contributed by atoms with Gasteiger partial charge >= 0.3 is 12.1 Å². The largest absolute Gasteiger partial charge is 0.455 e. The first kappa shape index (κ1) is 28.0. The number of amides is 1. The van der Waals surface area contributed by atoms with Crippen molar-refractivity contribution in [2.75, 3.05) is 6.73 Å². The summed E-state index contributed by atoms with van der Waals surface area (Å²) in [7, 11) is 0. The van der Waals surface area contributed by atoms with Gasteiger partial charge in [0.2, 0.25) is 0 Å². The normalized spacial score (nSPS) is 11.5. The number of esters is 1. The van der Waals surface area contributed by atoms with Gasteiger partial charge in [0, 0.05) is 22.8 Å². The lowest BCUT2D eigenvalue weighted by atomic mass is 9.91. The van der Waals surface area contributed by atoms with Crippen molar-refractivity contribution in [2.45, 2.75) is 52.1 Å². The fraction of sp³-hybridized carbons (Fsp3) is 0.257. The van der Waals surface area contributed by atoms with E-state index in [0.717, 1.165) is 57.0 Å². The molecule has 0 aliphatic carbocycles. The highest BCUT2D eigenvalue weighted by atomic mass is 16.6. The van der Waals surface area contributed by atoms with Crippen molar-refractivity contribution >= 4 is 34.0 Å². The van der Waals surface area contributed by atoms with Crippen LogP contribution in [-0.2, 0) is 20.7 Å². The number of rotatable bonds is 9. The average Bonchev–Trinajstić information content (AvgIpc) is 3.34. The predicted octanol–water partition coefficient (Wildman–Crippen LogP) is 8.66. The number of para-hydroxylation sites is 2. The molecule has 210 valence electrons. The quantitative estimate of drug-likeness (QED) is 0.113. The average molecular weight is 550 g/mol. The summed E-state index contributed by atoms with van der Waals surface area (Å²) in [6.07, 6.45) is 2.00. The molecule has 5 aromatic rings. The Kier molecular flexibility index (Phi) is 8.39. The molecule has 5 rings (SSSR count). The van der Waals surface area contributed by atoms with E-state index in [2.05, 4.69) is 72.0 Å². The summed E-state index contributed by atoms with van der Waals surface area (Å²) in [4.78, 5) is 23.8. The zero-order valence-corrected chi connectivity index (χ0v) is 23.7. The van der Waals surface area contributed by atoms with E-state index in [4.69, 9.17) is 13.9 Å². The second kappa shape index (κ2) is 12.3. The summed E-state index contributed by atoms with van der Waals surface area (Å²) in [6, 6.07) is 31.4. The summed E-state index contributed by atoms with van der Waals surface area (Å²) in [5.74, 6) is -0.349. The van der Waals surface area contributed by atoms with E-state index in [-0.39, 0.29) is 19.1 Å². The minimum Gasteiger partial charge on any atom is -0.455 e. The maximum atomic E-state index is 12.1. The lowest BCUT2D eigenvalue weighted by Crippen LogP contribution is -2.34. The molecule has 41 heavy (non-hydrogen) atoms. The minimum atomic E-state index is -0.613. The molecule has 4 aromatic carbocycles. The fourth-order valence-electron chi connectivity index (χ4n) is 4.96. The molecule has 6 nitrogen and oxygen atoms in total. The van der Waals surface area contributed by atoms with Crippen molar-refractivity contribution in [3.05, 3.63) is 96.6 Å². The van der Waals surface area contributed by atoms with Gasteiger partial charge in [-0.1, -0.05) is 84.9 Å². The van der Waals surface area contributed by atoms with Crippen LogP contribution in [0.1, 0.15) is 45.6 Å². The van der Waals surface area contributed by atoms with Crippen LogP contribution in [0.4, 0.5) is 4.79 Å². The molecule has 0 fully saturated rings. The van der Waals surface area contributed by atoms with Gasteiger partial charge < -0.3 is 13.9 Å². The molecule has 6 heteroatoms. The monoisotopic (exact) mass is 549 g/mol. The van der Waals surface area contributed by atoms with E-state index in [1.807, 2.05) is 24.3 Å². The number of fused-ring (bicyclic) bond motifs is 3. The van der Waals surface area contributed by atoms with E-state index in [9.17, 15) is 9.59 Å². The Labute approximate surface area is 240 Å². The van der Waals surface area contributed by atoms with Gasteiger partial charge in [0.05, 0.1) is 0 Å². The van der Waals surface area contributed by atoms with Crippen molar-refractivity contribution < 1.29 is 23.5 Å². The number of furan rings is 1. The highest BCUT2D eigenvalue weighted by Gasteiger charge is 2.17. The van der Waals surface area contributed by atoms with Crippen molar-refractivity contribution in [3.63, 3.8) is 0 Å². The Morgan fingerprint density at radius 1 is 0.780 bits per heavy atom. The van der Waals surface area contributed by atoms with Crippen LogP contribution in [-0.4, -0.2) is 24.4 Å². The second-order valence-corrected chi connectivity index (χ2v) is 11.1. The molecule has 0 aliphatic rings. The minimum absolute atomic E-state index is 0.203. The van der Waals surface area contributed by atoms with Gasteiger partial charge in [-0.05, 0) is 68.4 Å². The third kappa shape index (κ3) is 6.95. The molecule has 0 saturated carbocycles. The summed E-state index contributed by atoms with van der Waals surface area (Å²) in [6.45, 7) is 5.12. The van der Waals surface area contributed by atoms with Crippen LogP contribution >= 0.6 is 0 Å². The van der Waals surface area contributed by atoms with E-state index < -0.39 is 11.7 Å². The smallest absolute Gasteiger partial charge is 0.410 e. The van der Waals surface area contributed by atoms with Gasteiger partial charge in [-0.15, -0.1) is 0 Å². The van der Waals surface area contributed by atoms with Gasteiger partial charge in [-0.25, -0.2) is 4.79 Å². The summed E-state index contributed by atoms with van der Waals surface area (Å²) in [5, 5.41) is 4.64. The number of carbonyl (C=O) groups excluding carboxylic acids is 2. The lowest BCUT2D eigenvalue weighted by Gasteiger charge is -2.19. The summed E-state index contributed by atoms with van der Waals surface area (Å²) in [5.41, 5.74) is 6.80. The van der Waals surface area contributed by atoms with Crippen LogP contribution in [0, 0.1) is 0 Å². The first-order valence-electron chi connectivity index (χ1n) is 14.0. The molecule has 0 unspecified atom stereocenters. The van der Waals surface area contributed by atoms with Crippen molar-refractivity contribution in [1.29, 1.82) is 0 Å². The van der Waals surface area contributed by atoms with Gasteiger partial charge in [0.25, 0.3) is 0 Å². The number of hydrogen-bond donors (Lipinski definition) is 1. The van der Waals surface area contributed by atoms with E-state index in [0.29, 0.717) is 6.42 Å². The predicted molar refractivity (Wildman–Crippen MR) is 162 cm³/mol. The Morgan fingerprint density at radius 2 is 1.54 bits per heavy atom. The molecule has 0 atom stereocenters. The number of carbonyl (C=O) groups is 2. The molecular formula is C35H35NO5. The Balaban J connectivity index is 1.29. The van der Waals surface area contributed by atoms with Crippen LogP contribution in [0.3, 0.4) is 0 Å². The maximum Gasteiger partial charge on any atom is 0.410 e. The van der Waals surface area contributed by atoms with Gasteiger partial charge in [-0.3, -0.25) is 10.1 Å². The van der Waals surface area contributed by atoms with Crippen molar-refractivity contribution in [3.8, 4) is 22.3 Å². The molecule has 0 radical (unpaired) electrons. The molecule has 1 N–H and O–H groups in total. The van der Waals surface area contributed by atoms with Gasteiger partial charge in [-0.2, -0.15) is 0 Å². The number of benzene rings is 4. The zero-order valence-electron chi connectivity index (χ0n) is 23.7. The third-order valence-corrected chi connectivity index (χ3v) is 6.81. The maximum absolute atomic E-state index is 12.1. The second-order valence-electron chi connectivity index (χ2n) is 11.1. The molecular weight excluding hydrogens is 514 g/mol. The molecule has 1 amide bonds. The molecule has 1 heterocycles. The van der Waals surface area contributed by atoms with Crippen LogP contribution in [0.2, 0.25) is 0 Å². The van der Waals surface area contributed by atoms with Gasteiger partial charge in [0.1, 0.15) is 16.8 Å². The van der Waals surface area contributed by atoms with Crippen LogP contribution in [0.25, 0.3) is 44.2 Å². The number of unbranched alkanes of at least 4 members (excludes halogenated alkanes) is 1. The molecule has 0 spiro atoms. The topological polar surface area (TPSA) is 77.8 Å². The van der Waals surface area contributed by atoms with Crippen molar-refractivity contribution in [2.24, 2.45) is 0 Å². The summed E-state index contributed by atoms with van der Waals surface area (Å²) < 4.78 is 16.6. The number of ether oxygens (including phenoxy) is 2. The third-order valence-electron chi connectivity index (χ3n) is 6.81. The highest BCUT2D eigenvalue weighted by molar-refractivity contribution is 6.10. The molecule has 0 saturated heterocycles. The Bertz CT molecular complexity index is 1660. The van der Waals surface area contributed by atoms with Crippen LogP contribution in [0.5, 0.6) is 0 Å². The fourth-order valence-corrected chi connectivity index (χ4v) is 4.96. The number of hydrogen-bond acceptors (Lipinski definition) is 5. The Morgan fingerprint density at radius 3 is 2.34 bits per heavy atom. The lowest BCUT2D eigenvalue weighted by molar-refractivity contribution is -0.144.